The molecular weight excluding hydrogens is 256 g/mol. The Hall–Kier alpha value is -1.06. The minimum Gasteiger partial charge on any atom is -0.247 e. The highest BCUT2D eigenvalue weighted by Gasteiger charge is 2.24. The Morgan fingerprint density at radius 1 is 0.650 bits per heavy atom. The lowest BCUT2D eigenvalue weighted by Crippen LogP contribution is -2.23. The Labute approximate surface area is 123 Å². The van der Waals surface area contributed by atoms with E-state index in [9.17, 15) is 9.59 Å². The molecule has 20 heavy (non-hydrogen) atoms. The third-order valence-corrected chi connectivity index (χ3v) is 3.42. The maximum Gasteiger partial charge on any atom is 0.358 e. The smallest absolute Gasteiger partial charge is 0.247 e. The van der Waals surface area contributed by atoms with Crippen molar-refractivity contribution in [2.24, 2.45) is 11.8 Å². The van der Waals surface area contributed by atoms with Gasteiger partial charge < -0.3 is 0 Å². The highest BCUT2D eigenvalue weighted by molar-refractivity contribution is 5.75. The van der Waals surface area contributed by atoms with E-state index in [1.54, 1.807) is 0 Å². The van der Waals surface area contributed by atoms with Crippen LogP contribution in [-0.4, -0.2) is 11.9 Å². The fourth-order valence-corrected chi connectivity index (χ4v) is 2.37. The summed E-state index contributed by atoms with van der Waals surface area (Å²) in [5.41, 5.74) is 0. The predicted molar refractivity (Wildman–Crippen MR) is 78.8 cm³/mol. The maximum absolute atomic E-state index is 11.9. The van der Waals surface area contributed by atoms with Crippen molar-refractivity contribution in [3.63, 3.8) is 0 Å². The van der Waals surface area contributed by atoms with E-state index in [0.29, 0.717) is 0 Å². The van der Waals surface area contributed by atoms with Gasteiger partial charge in [0.1, 0.15) is 0 Å². The lowest BCUT2D eigenvalue weighted by Gasteiger charge is -2.15. The Morgan fingerprint density at radius 3 is 1.10 bits per heavy atom. The molecule has 0 unspecified atom stereocenters. The summed E-state index contributed by atoms with van der Waals surface area (Å²) >= 11 is 0. The molecule has 0 aromatic heterocycles. The number of hydrogen-bond acceptors (Lipinski definition) is 4. The van der Waals surface area contributed by atoms with E-state index in [1.807, 2.05) is 27.7 Å². The second kappa shape index (κ2) is 11.7. The molecule has 0 heterocycles. The van der Waals surface area contributed by atoms with E-state index < -0.39 is 11.9 Å². The Balaban J connectivity index is 4.27. The molecule has 0 aliphatic carbocycles. The minimum absolute atomic E-state index is 0.159. The van der Waals surface area contributed by atoms with Crippen LogP contribution in [0.2, 0.25) is 0 Å². The fraction of sp³-hybridized carbons (Fsp3) is 0.875. The van der Waals surface area contributed by atoms with Gasteiger partial charge in [-0.2, -0.15) is 0 Å². The summed E-state index contributed by atoms with van der Waals surface area (Å²) in [4.78, 5) is 33.2. The van der Waals surface area contributed by atoms with Crippen molar-refractivity contribution >= 4 is 11.9 Å². The SMILES string of the molecule is CCCC(CCC)C(=O)OOC(=O)C(CCC)CCC. The van der Waals surface area contributed by atoms with Crippen LogP contribution in [0.1, 0.15) is 79.1 Å². The van der Waals surface area contributed by atoms with Crippen LogP contribution in [0.25, 0.3) is 0 Å². The molecule has 0 N–H and O–H groups in total. The molecule has 0 aliphatic rings. The zero-order valence-electron chi connectivity index (χ0n) is 13.4. The summed E-state index contributed by atoms with van der Waals surface area (Å²) in [5, 5.41) is 0. The van der Waals surface area contributed by atoms with Crippen LogP contribution in [0, 0.1) is 11.8 Å². The fourth-order valence-electron chi connectivity index (χ4n) is 2.37. The van der Waals surface area contributed by atoms with Crippen LogP contribution in [0.15, 0.2) is 0 Å². The van der Waals surface area contributed by atoms with Crippen molar-refractivity contribution in [1.29, 1.82) is 0 Å². The van der Waals surface area contributed by atoms with Crippen LogP contribution < -0.4 is 0 Å². The van der Waals surface area contributed by atoms with Gasteiger partial charge in [0.25, 0.3) is 0 Å². The molecule has 0 aromatic carbocycles. The van der Waals surface area contributed by atoms with E-state index in [1.165, 1.54) is 0 Å². The van der Waals surface area contributed by atoms with Crippen LogP contribution in [0.4, 0.5) is 0 Å². The minimum atomic E-state index is -0.409. The Morgan fingerprint density at radius 2 is 0.900 bits per heavy atom. The number of rotatable bonds is 10. The van der Waals surface area contributed by atoms with Crippen LogP contribution in [0.5, 0.6) is 0 Å². The molecule has 0 rings (SSSR count). The molecule has 0 aromatic rings. The molecule has 118 valence electrons. The average molecular weight is 286 g/mol. The molecule has 0 saturated carbocycles. The van der Waals surface area contributed by atoms with Crippen molar-refractivity contribution in [1.82, 2.24) is 0 Å². The number of carbonyl (C=O) groups is 2. The second-order valence-electron chi connectivity index (χ2n) is 5.35. The van der Waals surface area contributed by atoms with Crippen molar-refractivity contribution < 1.29 is 19.4 Å². The summed E-state index contributed by atoms with van der Waals surface area (Å²) in [5.74, 6) is -1.13. The average Bonchev–Trinajstić information content (AvgIpc) is 2.44. The van der Waals surface area contributed by atoms with Gasteiger partial charge in [0.2, 0.25) is 0 Å². The highest BCUT2D eigenvalue weighted by atomic mass is 17.2. The van der Waals surface area contributed by atoms with Gasteiger partial charge in [-0.05, 0) is 25.7 Å². The summed E-state index contributed by atoms with van der Waals surface area (Å²) in [6, 6.07) is 0. The molecule has 0 bridgehead atoms. The normalized spacial score (nSPS) is 10.9. The third-order valence-electron chi connectivity index (χ3n) is 3.42. The van der Waals surface area contributed by atoms with E-state index in [0.717, 1.165) is 51.4 Å². The van der Waals surface area contributed by atoms with Crippen molar-refractivity contribution in [3.8, 4) is 0 Å². The van der Waals surface area contributed by atoms with Gasteiger partial charge >= 0.3 is 11.9 Å². The third kappa shape index (κ3) is 7.51. The first-order chi connectivity index (χ1) is 9.60. The van der Waals surface area contributed by atoms with Gasteiger partial charge in [0, 0.05) is 0 Å². The first-order valence-electron chi connectivity index (χ1n) is 8.02. The van der Waals surface area contributed by atoms with Crippen molar-refractivity contribution in [3.05, 3.63) is 0 Å². The topological polar surface area (TPSA) is 52.6 Å². The standard InChI is InChI=1S/C16H30O4/c1-5-9-13(10-6-2)15(17)19-20-16(18)14(11-7-3)12-8-4/h13-14H,5-12H2,1-4H3. The Bertz CT molecular complexity index is 236. The van der Waals surface area contributed by atoms with E-state index in [2.05, 4.69) is 0 Å². The zero-order valence-corrected chi connectivity index (χ0v) is 13.4. The zero-order chi connectivity index (χ0) is 15.4. The van der Waals surface area contributed by atoms with Crippen molar-refractivity contribution in [2.75, 3.05) is 0 Å². The first-order valence-corrected chi connectivity index (χ1v) is 8.02. The summed E-state index contributed by atoms with van der Waals surface area (Å²) in [7, 11) is 0. The maximum atomic E-state index is 11.9. The Kier molecular flexibility index (Phi) is 11.1. The molecule has 4 heteroatoms. The number of carbonyl (C=O) groups excluding carboxylic acids is 2. The van der Waals surface area contributed by atoms with Gasteiger partial charge in [0.15, 0.2) is 0 Å². The predicted octanol–water partition coefficient (Wildman–Crippen LogP) is 4.42. The van der Waals surface area contributed by atoms with Crippen LogP contribution >= 0.6 is 0 Å². The van der Waals surface area contributed by atoms with Crippen LogP contribution in [0.3, 0.4) is 0 Å². The molecule has 0 atom stereocenters. The first kappa shape index (κ1) is 18.9. The molecule has 0 aliphatic heterocycles. The van der Waals surface area contributed by atoms with Gasteiger partial charge in [-0.25, -0.2) is 19.4 Å². The van der Waals surface area contributed by atoms with Gasteiger partial charge in [-0.3, -0.25) is 0 Å². The lowest BCUT2D eigenvalue weighted by atomic mass is 9.98. The van der Waals surface area contributed by atoms with Gasteiger partial charge in [0.05, 0.1) is 11.8 Å². The van der Waals surface area contributed by atoms with Gasteiger partial charge in [-0.1, -0.05) is 53.4 Å². The van der Waals surface area contributed by atoms with Crippen LogP contribution in [-0.2, 0) is 19.4 Å². The molecule has 0 spiro atoms. The molecule has 0 amide bonds. The van der Waals surface area contributed by atoms with E-state index >= 15 is 0 Å². The quantitative estimate of drug-likeness (QED) is 0.440. The largest absolute Gasteiger partial charge is 0.358 e. The highest BCUT2D eigenvalue weighted by Crippen LogP contribution is 2.18. The van der Waals surface area contributed by atoms with E-state index in [4.69, 9.17) is 9.78 Å². The summed E-state index contributed by atoms with van der Waals surface area (Å²) in [6.07, 6.45) is 6.78. The van der Waals surface area contributed by atoms with Gasteiger partial charge in [-0.15, -0.1) is 0 Å². The molecular formula is C16H30O4. The summed E-state index contributed by atoms with van der Waals surface area (Å²) in [6.45, 7) is 8.11. The molecule has 0 fully saturated rings. The lowest BCUT2D eigenvalue weighted by molar-refractivity contribution is -0.266. The van der Waals surface area contributed by atoms with Crippen molar-refractivity contribution in [2.45, 2.75) is 79.1 Å². The monoisotopic (exact) mass is 286 g/mol. The molecule has 4 nitrogen and oxygen atoms in total. The second-order valence-corrected chi connectivity index (χ2v) is 5.35. The number of hydrogen-bond donors (Lipinski definition) is 0. The molecule has 0 saturated heterocycles. The van der Waals surface area contributed by atoms with E-state index in [-0.39, 0.29) is 11.8 Å². The molecule has 0 radical (unpaired) electrons. The summed E-state index contributed by atoms with van der Waals surface area (Å²) < 4.78 is 0.